The van der Waals surface area contributed by atoms with Crippen molar-refractivity contribution in [1.82, 2.24) is 5.32 Å². The van der Waals surface area contributed by atoms with Gasteiger partial charge in [0.1, 0.15) is 0 Å². The Bertz CT molecular complexity index is 791. The number of hydrogen-bond acceptors (Lipinski definition) is 5. The first-order valence-electron chi connectivity index (χ1n) is 9.35. The number of hydrogen-bond donors (Lipinski definition) is 2. The van der Waals surface area contributed by atoms with Crippen molar-refractivity contribution in [2.24, 2.45) is 22.9 Å². The molecule has 2 fully saturated rings. The summed E-state index contributed by atoms with van der Waals surface area (Å²) in [6.45, 7) is 0.113. The number of ether oxygens (including phenoxy) is 1. The van der Waals surface area contributed by atoms with E-state index in [1.165, 1.54) is 31.4 Å². The van der Waals surface area contributed by atoms with Crippen molar-refractivity contribution in [2.75, 3.05) is 13.2 Å². The van der Waals surface area contributed by atoms with E-state index in [-0.39, 0.29) is 23.4 Å². The second-order valence-electron chi connectivity index (χ2n) is 7.59. The molecule has 27 heavy (non-hydrogen) atoms. The molecule has 3 rings (SSSR count). The van der Waals surface area contributed by atoms with E-state index in [4.69, 9.17) is 9.88 Å². The van der Waals surface area contributed by atoms with E-state index < -0.39 is 10.0 Å². The number of carbonyl (C=O) groups excluding carboxylic acids is 2. The average molecular weight is 394 g/mol. The molecule has 2 aliphatic rings. The summed E-state index contributed by atoms with van der Waals surface area (Å²) in [4.78, 5) is 23.8. The summed E-state index contributed by atoms with van der Waals surface area (Å²) in [5.41, 5.74) is 0.871. The Kier molecular flexibility index (Phi) is 6.16. The maximum atomic E-state index is 11.9. The fraction of sp³-hybridized carbons (Fsp3) is 0.579. The van der Waals surface area contributed by atoms with Gasteiger partial charge in [-0.3, -0.25) is 9.59 Å². The van der Waals surface area contributed by atoms with Gasteiger partial charge in [0.2, 0.25) is 10.0 Å². The summed E-state index contributed by atoms with van der Waals surface area (Å²) < 4.78 is 27.5. The molecule has 3 atom stereocenters. The minimum Gasteiger partial charge on any atom is -0.456 e. The van der Waals surface area contributed by atoms with Crippen molar-refractivity contribution in [3.8, 4) is 0 Å². The Balaban J connectivity index is 1.32. The number of esters is 1. The van der Waals surface area contributed by atoms with E-state index in [2.05, 4.69) is 5.32 Å². The van der Waals surface area contributed by atoms with Crippen LogP contribution in [-0.2, 0) is 30.8 Å². The molecule has 0 radical (unpaired) electrons. The standard InChI is InChI=1S/C19H26N2O5S/c20-27(24,25)17-5-2-13(3-6-17)7-8-21-18(22)12-26-19(23)11-16-10-14-1-4-15(16)9-14/h2-3,5-6,14-16H,1,4,7-12H2,(H,21,22)(H2,20,24,25)/t14-,15+,16-/m0/s1. The fourth-order valence-electron chi connectivity index (χ4n) is 4.29. The van der Waals surface area contributed by atoms with Crippen LogP contribution in [0.5, 0.6) is 0 Å². The molecule has 0 spiro atoms. The van der Waals surface area contributed by atoms with Gasteiger partial charge in [-0.2, -0.15) is 0 Å². The molecular formula is C19H26N2O5S. The predicted molar refractivity (Wildman–Crippen MR) is 99.0 cm³/mol. The third kappa shape index (κ3) is 5.52. The molecule has 3 N–H and O–H groups in total. The van der Waals surface area contributed by atoms with Crippen LogP contribution in [0.15, 0.2) is 29.2 Å². The summed E-state index contributed by atoms with van der Waals surface area (Å²) in [7, 11) is -3.70. The molecule has 8 heteroatoms. The number of fused-ring (bicyclic) bond motifs is 2. The summed E-state index contributed by atoms with van der Waals surface area (Å²) in [6, 6.07) is 6.18. The van der Waals surface area contributed by atoms with Gasteiger partial charge in [0.15, 0.2) is 6.61 Å². The quantitative estimate of drug-likeness (QED) is 0.646. The van der Waals surface area contributed by atoms with Crippen LogP contribution in [0.1, 0.15) is 37.7 Å². The molecule has 1 amide bonds. The highest BCUT2D eigenvalue weighted by Crippen LogP contribution is 2.49. The molecule has 1 aromatic rings. The Morgan fingerprint density at radius 2 is 1.89 bits per heavy atom. The lowest BCUT2D eigenvalue weighted by atomic mass is 9.86. The molecule has 0 aliphatic heterocycles. The van der Waals surface area contributed by atoms with Crippen LogP contribution < -0.4 is 10.5 Å². The summed E-state index contributed by atoms with van der Waals surface area (Å²) in [6.07, 6.45) is 5.85. The van der Waals surface area contributed by atoms with Gasteiger partial charge >= 0.3 is 5.97 Å². The van der Waals surface area contributed by atoms with Gasteiger partial charge in [0, 0.05) is 13.0 Å². The van der Waals surface area contributed by atoms with Gasteiger partial charge in [-0.1, -0.05) is 18.6 Å². The second kappa shape index (κ2) is 8.39. The Morgan fingerprint density at radius 1 is 1.15 bits per heavy atom. The number of sulfonamides is 1. The average Bonchev–Trinajstić information content (AvgIpc) is 3.22. The molecule has 0 aromatic heterocycles. The lowest BCUT2D eigenvalue weighted by molar-refractivity contribution is -0.149. The molecule has 1 aromatic carbocycles. The van der Waals surface area contributed by atoms with Gasteiger partial charge < -0.3 is 10.1 Å². The zero-order valence-electron chi connectivity index (χ0n) is 15.2. The molecule has 148 valence electrons. The molecule has 2 aliphatic carbocycles. The van der Waals surface area contributed by atoms with Gasteiger partial charge in [-0.25, -0.2) is 13.6 Å². The van der Waals surface area contributed by atoms with Gasteiger partial charge in [0.05, 0.1) is 4.90 Å². The second-order valence-corrected chi connectivity index (χ2v) is 9.15. The molecule has 7 nitrogen and oxygen atoms in total. The normalized spacial score (nSPS) is 24.0. The first-order valence-corrected chi connectivity index (χ1v) is 10.9. The predicted octanol–water partition coefficient (Wildman–Crippen LogP) is 1.36. The van der Waals surface area contributed by atoms with Crippen molar-refractivity contribution < 1.29 is 22.7 Å². The summed E-state index contributed by atoms with van der Waals surface area (Å²) in [5.74, 6) is 1.26. The first-order chi connectivity index (χ1) is 12.8. The highest BCUT2D eigenvalue weighted by atomic mass is 32.2. The molecule has 2 bridgehead atoms. The van der Waals surface area contributed by atoms with Crippen LogP contribution in [0.3, 0.4) is 0 Å². The van der Waals surface area contributed by atoms with Gasteiger partial charge in [-0.15, -0.1) is 0 Å². The van der Waals surface area contributed by atoms with Crippen LogP contribution in [0, 0.1) is 17.8 Å². The molecule has 0 saturated heterocycles. The number of nitrogens with one attached hydrogen (secondary N) is 1. The monoisotopic (exact) mass is 394 g/mol. The fourth-order valence-corrected chi connectivity index (χ4v) is 4.80. The summed E-state index contributed by atoms with van der Waals surface area (Å²) >= 11 is 0. The van der Waals surface area contributed by atoms with E-state index in [9.17, 15) is 18.0 Å². The third-order valence-corrected chi connectivity index (χ3v) is 6.59. The Morgan fingerprint density at radius 3 is 2.48 bits per heavy atom. The SMILES string of the molecule is NS(=O)(=O)c1ccc(CCNC(=O)COC(=O)C[C@@H]2C[C@H]3CC[C@@H]2C3)cc1. The smallest absolute Gasteiger partial charge is 0.306 e. The zero-order chi connectivity index (χ0) is 19.4. The minimum absolute atomic E-state index is 0.0534. The minimum atomic E-state index is -3.70. The van der Waals surface area contributed by atoms with E-state index >= 15 is 0 Å². The number of amides is 1. The van der Waals surface area contributed by atoms with Gasteiger partial charge in [0.25, 0.3) is 5.91 Å². The maximum absolute atomic E-state index is 11.9. The van der Waals surface area contributed by atoms with Crippen LogP contribution in [-0.4, -0.2) is 33.4 Å². The van der Waals surface area contributed by atoms with Crippen molar-refractivity contribution in [3.05, 3.63) is 29.8 Å². The van der Waals surface area contributed by atoms with Crippen LogP contribution in [0.4, 0.5) is 0 Å². The first kappa shape index (κ1) is 19.8. The Hall–Kier alpha value is -1.93. The van der Waals surface area contributed by atoms with E-state index in [1.54, 1.807) is 12.1 Å². The van der Waals surface area contributed by atoms with Gasteiger partial charge in [-0.05, 0) is 61.1 Å². The van der Waals surface area contributed by atoms with Crippen LogP contribution in [0.2, 0.25) is 0 Å². The highest BCUT2D eigenvalue weighted by Gasteiger charge is 2.40. The molecule has 0 unspecified atom stereocenters. The number of benzene rings is 1. The number of nitrogens with two attached hydrogens (primary N) is 1. The largest absolute Gasteiger partial charge is 0.456 e. The van der Waals surface area contributed by atoms with Crippen molar-refractivity contribution >= 4 is 21.9 Å². The molecule has 2 saturated carbocycles. The van der Waals surface area contributed by atoms with E-state index in [0.717, 1.165) is 17.9 Å². The lowest BCUT2D eigenvalue weighted by Crippen LogP contribution is -2.31. The number of carbonyl (C=O) groups is 2. The van der Waals surface area contributed by atoms with Crippen LogP contribution in [0.25, 0.3) is 0 Å². The highest BCUT2D eigenvalue weighted by molar-refractivity contribution is 7.89. The number of primary sulfonamides is 1. The number of rotatable bonds is 8. The van der Waals surface area contributed by atoms with Crippen molar-refractivity contribution in [3.63, 3.8) is 0 Å². The van der Waals surface area contributed by atoms with E-state index in [1.807, 2.05) is 0 Å². The van der Waals surface area contributed by atoms with Crippen molar-refractivity contribution in [1.29, 1.82) is 0 Å². The zero-order valence-corrected chi connectivity index (χ0v) is 16.0. The lowest BCUT2D eigenvalue weighted by Gasteiger charge is -2.20. The topological polar surface area (TPSA) is 116 Å². The summed E-state index contributed by atoms with van der Waals surface area (Å²) in [5, 5.41) is 7.74. The molecular weight excluding hydrogens is 368 g/mol. The van der Waals surface area contributed by atoms with Crippen LogP contribution >= 0.6 is 0 Å². The van der Waals surface area contributed by atoms with Crippen molar-refractivity contribution in [2.45, 2.75) is 43.4 Å². The maximum Gasteiger partial charge on any atom is 0.306 e. The third-order valence-electron chi connectivity index (χ3n) is 5.67. The van der Waals surface area contributed by atoms with E-state index in [0.29, 0.717) is 31.2 Å². The molecule has 0 heterocycles. The Labute approximate surface area is 159 Å².